The number of rotatable bonds is 8. The van der Waals surface area contributed by atoms with E-state index in [1.54, 1.807) is 12.1 Å². The number of anilines is 3. The fraction of sp³-hybridized carbons (Fsp3) is 0.222. The predicted octanol–water partition coefficient (Wildman–Crippen LogP) is 6.57. The Hall–Kier alpha value is -4.34. The zero-order valence-electron chi connectivity index (χ0n) is 19.6. The number of halogens is 3. The molecule has 10 heteroatoms. The molecule has 1 atom stereocenters. The van der Waals surface area contributed by atoms with Gasteiger partial charge in [0.15, 0.2) is 0 Å². The maximum atomic E-state index is 13.0. The number of benzene rings is 2. The Labute approximate surface area is 211 Å². The molecule has 1 aliphatic carbocycles. The van der Waals surface area contributed by atoms with E-state index in [1.807, 2.05) is 6.07 Å². The van der Waals surface area contributed by atoms with Crippen LogP contribution in [0, 0.1) is 5.92 Å². The maximum absolute atomic E-state index is 13.0. The molecule has 0 spiro atoms. The topological polar surface area (TPSA) is 101 Å². The fourth-order valence-electron chi connectivity index (χ4n) is 4.06. The van der Waals surface area contributed by atoms with Gasteiger partial charge in [0.05, 0.1) is 16.9 Å². The lowest BCUT2D eigenvalue weighted by Gasteiger charge is -2.17. The number of carboxylic acids is 1. The van der Waals surface area contributed by atoms with E-state index in [4.69, 9.17) is 0 Å². The minimum Gasteiger partial charge on any atom is -0.478 e. The minimum atomic E-state index is -4.86. The Morgan fingerprint density at radius 3 is 2.57 bits per heavy atom. The van der Waals surface area contributed by atoms with Gasteiger partial charge in [0.25, 0.3) is 5.91 Å². The van der Waals surface area contributed by atoms with Gasteiger partial charge in [-0.25, -0.2) is 9.78 Å². The van der Waals surface area contributed by atoms with E-state index in [9.17, 15) is 27.9 Å². The summed E-state index contributed by atoms with van der Waals surface area (Å²) < 4.78 is 41.8. The molecule has 2 aromatic carbocycles. The zero-order valence-corrected chi connectivity index (χ0v) is 19.6. The smallest absolute Gasteiger partial charge is 0.478 e. The van der Waals surface area contributed by atoms with Crippen molar-refractivity contribution in [3.8, 4) is 5.75 Å². The molecule has 37 heavy (non-hydrogen) atoms. The molecule has 7 nitrogen and oxygen atoms in total. The second-order valence-electron chi connectivity index (χ2n) is 8.59. The van der Waals surface area contributed by atoms with Gasteiger partial charge in [-0.3, -0.25) is 4.79 Å². The number of carbonyl (C=O) groups excluding carboxylic acids is 1. The molecule has 0 unspecified atom stereocenters. The second kappa shape index (κ2) is 11.2. The van der Waals surface area contributed by atoms with Gasteiger partial charge in [0.1, 0.15) is 11.4 Å². The molecule has 192 valence electrons. The largest absolute Gasteiger partial charge is 0.573 e. The van der Waals surface area contributed by atoms with Crippen molar-refractivity contribution >= 4 is 28.9 Å². The number of aromatic carboxylic acids is 1. The molecular formula is C27H24F3N3O4. The average Bonchev–Trinajstić information content (AvgIpc) is 2.85. The molecule has 0 aliphatic heterocycles. The summed E-state index contributed by atoms with van der Waals surface area (Å²) >= 11 is 0. The van der Waals surface area contributed by atoms with E-state index in [1.165, 1.54) is 30.3 Å². The van der Waals surface area contributed by atoms with Crippen molar-refractivity contribution in [3.05, 3.63) is 89.8 Å². The number of pyridine rings is 1. The summed E-state index contributed by atoms with van der Waals surface area (Å²) in [4.78, 5) is 29.0. The number of hydrogen-bond acceptors (Lipinski definition) is 5. The number of allylic oxidation sites excluding steroid dienone is 2. The third-order valence-electron chi connectivity index (χ3n) is 5.78. The van der Waals surface area contributed by atoms with Gasteiger partial charge in [0.2, 0.25) is 0 Å². The van der Waals surface area contributed by atoms with Crippen LogP contribution in [0.15, 0.2) is 72.8 Å². The van der Waals surface area contributed by atoms with Crippen LogP contribution in [-0.2, 0) is 6.42 Å². The zero-order chi connectivity index (χ0) is 26.4. The van der Waals surface area contributed by atoms with Crippen molar-refractivity contribution < 1.29 is 32.6 Å². The molecule has 3 N–H and O–H groups in total. The van der Waals surface area contributed by atoms with Crippen LogP contribution in [-0.4, -0.2) is 28.3 Å². The summed E-state index contributed by atoms with van der Waals surface area (Å²) in [6.45, 7) is 0. The van der Waals surface area contributed by atoms with Crippen molar-refractivity contribution in [1.29, 1.82) is 0 Å². The molecule has 0 saturated carbocycles. The molecule has 1 aliphatic rings. The summed E-state index contributed by atoms with van der Waals surface area (Å²) in [7, 11) is 0. The van der Waals surface area contributed by atoms with Crippen LogP contribution >= 0.6 is 0 Å². The van der Waals surface area contributed by atoms with E-state index < -0.39 is 24.0 Å². The summed E-state index contributed by atoms with van der Waals surface area (Å²) in [5, 5.41) is 15.0. The first-order valence-electron chi connectivity index (χ1n) is 11.6. The highest BCUT2D eigenvalue weighted by Gasteiger charge is 2.31. The summed E-state index contributed by atoms with van der Waals surface area (Å²) in [5.41, 5.74) is 1.50. The second-order valence-corrected chi connectivity index (χ2v) is 8.59. The average molecular weight is 512 g/mol. The predicted molar refractivity (Wildman–Crippen MR) is 132 cm³/mol. The molecule has 4 rings (SSSR count). The lowest BCUT2D eigenvalue weighted by atomic mass is 9.90. The van der Waals surface area contributed by atoms with Gasteiger partial charge in [-0.1, -0.05) is 24.3 Å². The number of nitrogens with one attached hydrogen (secondary N) is 2. The maximum Gasteiger partial charge on any atom is 0.573 e. The Balaban J connectivity index is 1.55. The normalized spacial score (nSPS) is 15.2. The van der Waals surface area contributed by atoms with Gasteiger partial charge in [-0.05, 0) is 74.1 Å². The van der Waals surface area contributed by atoms with E-state index in [-0.39, 0.29) is 28.3 Å². The van der Waals surface area contributed by atoms with Crippen LogP contribution in [0.1, 0.15) is 45.8 Å². The summed E-state index contributed by atoms with van der Waals surface area (Å²) in [5.74, 6) is -1.70. The first-order chi connectivity index (χ1) is 17.7. The number of aromatic nitrogens is 1. The Morgan fingerprint density at radius 2 is 1.84 bits per heavy atom. The molecule has 0 fully saturated rings. The molecule has 3 aromatic rings. The molecular weight excluding hydrogens is 487 g/mol. The highest BCUT2D eigenvalue weighted by molar-refractivity contribution is 6.05. The Kier molecular flexibility index (Phi) is 7.76. The third kappa shape index (κ3) is 7.33. The van der Waals surface area contributed by atoms with Crippen LogP contribution in [0.3, 0.4) is 0 Å². The van der Waals surface area contributed by atoms with Crippen molar-refractivity contribution in [2.45, 2.75) is 32.0 Å². The summed E-state index contributed by atoms with van der Waals surface area (Å²) in [6.07, 6.45) is 3.27. The van der Waals surface area contributed by atoms with Crippen LogP contribution in [0.25, 0.3) is 0 Å². The number of ether oxygens (including phenoxy) is 1. The van der Waals surface area contributed by atoms with Crippen molar-refractivity contribution in [2.24, 2.45) is 5.92 Å². The van der Waals surface area contributed by atoms with Crippen molar-refractivity contribution in [3.63, 3.8) is 0 Å². The van der Waals surface area contributed by atoms with Crippen molar-refractivity contribution in [1.82, 2.24) is 4.98 Å². The van der Waals surface area contributed by atoms with Gasteiger partial charge < -0.3 is 20.5 Å². The van der Waals surface area contributed by atoms with E-state index in [2.05, 4.69) is 32.5 Å². The lowest BCUT2D eigenvalue weighted by Crippen LogP contribution is -2.17. The van der Waals surface area contributed by atoms with E-state index >= 15 is 0 Å². The number of amides is 1. The SMILES string of the molecule is O=C(O)c1ccc(NC(=O)c2cccc(C[C@@H]3CC=CCC3)n2)c(Nc2cccc(OC(F)(F)F)c2)c1. The fourth-order valence-corrected chi connectivity index (χ4v) is 4.06. The number of nitrogens with zero attached hydrogens (tertiary/aromatic N) is 1. The number of carboxylic acid groups (broad SMARTS) is 1. The van der Waals surface area contributed by atoms with Crippen LogP contribution < -0.4 is 15.4 Å². The van der Waals surface area contributed by atoms with Crippen molar-refractivity contribution in [2.75, 3.05) is 10.6 Å². The standard InChI is InChI=1S/C27H24F3N3O4/c28-27(29,30)37-21-10-4-8-20(16-21)32-24-15-18(26(35)36)12-13-22(24)33-25(34)23-11-5-9-19(31-23)14-17-6-2-1-3-7-17/h1-2,4-5,8-13,15-17,32H,3,6-7,14H2,(H,33,34)(H,35,36)/t17-/m1/s1. The third-order valence-corrected chi connectivity index (χ3v) is 5.78. The molecule has 0 radical (unpaired) electrons. The number of alkyl halides is 3. The first-order valence-corrected chi connectivity index (χ1v) is 11.6. The van der Waals surface area contributed by atoms with Crippen LogP contribution in [0.2, 0.25) is 0 Å². The quantitative estimate of drug-likeness (QED) is 0.296. The Bertz CT molecular complexity index is 1320. The highest BCUT2D eigenvalue weighted by atomic mass is 19.4. The molecule has 1 aromatic heterocycles. The first kappa shape index (κ1) is 25.7. The molecule has 0 saturated heterocycles. The molecule has 1 amide bonds. The van der Waals surface area contributed by atoms with Gasteiger partial charge in [-0.15, -0.1) is 13.2 Å². The molecule has 1 heterocycles. The monoisotopic (exact) mass is 511 g/mol. The minimum absolute atomic E-state index is 0.0788. The Morgan fingerprint density at radius 1 is 1.03 bits per heavy atom. The molecule has 0 bridgehead atoms. The van der Waals surface area contributed by atoms with Gasteiger partial charge in [-0.2, -0.15) is 0 Å². The summed E-state index contributed by atoms with van der Waals surface area (Å²) in [6, 6.07) is 14.3. The van der Waals surface area contributed by atoms with E-state index in [0.29, 0.717) is 5.92 Å². The van der Waals surface area contributed by atoms with Gasteiger partial charge >= 0.3 is 12.3 Å². The van der Waals surface area contributed by atoms with Gasteiger partial charge in [0, 0.05) is 17.4 Å². The van der Waals surface area contributed by atoms with E-state index in [0.717, 1.165) is 43.5 Å². The number of hydrogen-bond donors (Lipinski definition) is 3. The van der Waals surface area contributed by atoms with Crippen LogP contribution in [0.4, 0.5) is 30.2 Å². The lowest BCUT2D eigenvalue weighted by molar-refractivity contribution is -0.274. The highest BCUT2D eigenvalue weighted by Crippen LogP contribution is 2.31. The number of carbonyl (C=O) groups is 2. The van der Waals surface area contributed by atoms with Crippen LogP contribution in [0.5, 0.6) is 5.75 Å².